The first-order chi connectivity index (χ1) is 16.3. The Hall–Kier alpha value is -1.80. The first kappa shape index (κ1) is 25.3. The standard InChI is InChI=1S/C25H30Cl2N2O4S/c26-20-9-10-22(27)23(17-20)34(31,32)29-15-11-25(12-16-29,19-33-21-7-3-1-4-8-21)18-24(30)28-13-5-2-6-14-28/h1,3-4,7-10,17H,2,5-6,11-16,18-19H2. The highest BCUT2D eigenvalue weighted by Crippen LogP contribution is 2.39. The minimum Gasteiger partial charge on any atom is -0.493 e. The molecule has 0 aromatic heterocycles. The van der Waals surface area contributed by atoms with E-state index < -0.39 is 15.4 Å². The number of para-hydroxylation sites is 1. The molecule has 1 amide bonds. The fourth-order valence-electron chi connectivity index (χ4n) is 4.72. The maximum Gasteiger partial charge on any atom is 0.244 e. The highest BCUT2D eigenvalue weighted by Gasteiger charge is 2.42. The smallest absolute Gasteiger partial charge is 0.244 e. The molecule has 0 atom stereocenters. The molecular formula is C25H30Cl2N2O4S. The lowest BCUT2D eigenvalue weighted by Crippen LogP contribution is -2.48. The molecule has 2 aliphatic heterocycles. The van der Waals surface area contributed by atoms with Crippen molar-refractivity contribution >= 4 is 39.1 Å². The zero-order valence-corrected chi connectivity index (χ0v) is 21.4. The summed E-state index contributed by atoms with van der Waals surface area (Å²) in [7, 11) is -3.80. The molecule has 0 N–H and O–H groups in total. The van der Waals surface area contributed by atoms with Gasteiger partial charge in [0.2, 0.25) is 15.9 Å². The summed E-state index contributed by atoms with van der Waals surface area (Å²) < 4.78 is 34.1. The summed E-state index contributed by atoms with van der Waals surface area (Å²) in [4.78, 5) is 15.1. The topological polar surface area (TPSA) is 66.9 Å². The molecule has 184 valence electrons. The zero-order chi connectivity index (χ0) is 24.2. The molecule has 0 spiro atoms. The molecule has 9 heteroatoms. The van der Waals surface area contributed by atoms with Crippen molar-refractivity contribution in [2.24, 2.45) is 5.41 Å². The van der Waals surface area contributed by atoms with Gasteiger partial charge in [-0.1, -0.05) is 41.4 Å². The molecule has 34 heavy (non-hydrogen) atoms. The van der Waals surface area contributed by atoms with Gasteiger partial charge in [0, 0.05) is 43.0 Å². The predicted molar refractivity (Wildman–Crippen MR) is 134 cm³/mol. The number of hydrogen-bond acceptors (Lipinski definition) is 4. The van der Waals surface area contributed by atoms with Crippen molar-refractivity contribution in [3.63, 3.8) is 0 Å². The minimum atomic E-state index is -3.80. The van der Waals surface area contributed by atoms with Crippen molar-refractivity contribution in [3.8, 4) is 5.75 Å². The fourth-order valence-corrected chi connectivity index (χ4v) is 6.89. The molecule has 6 nitrogen and oxygen atoms in total. The maximum absolute atomic E-state index is 13.3. The summed E-state index contributed by atoms with van der Waals surface area (Å²) in [5.41, 5.74) is -0.436. The molecule has 2 aromatic rings. The van der Waals surface area contributed by atoms with E-state index in [1.165, 1.54) is 16.4 Å². The molecule has 4 rings (SSSR count). The number of amides is 1. The van der Waals surface area contributed by atoms with Gasteiger partial charge in [0.15, 0.2) is 0 Å². The molecule has 2 fully saturated rings. The van der Waals surface area contributed by atoms with Crippen LogP contribution in [0.5, 0.6) is 5.75 Å². The SMILES string of the molecule is O=C(CC1(COc2ccccc2)CCN(S(=O)(=O)c2cc(Cl)ccc2Cl)CC1)N1CCCCC1. The Morgan fingerprint density at radius 3 is 2.29 bits per heavy atom. The first-order valence-electron chi connectivity index (χ1n) is 11.7. The van der Waals surface area contributed by atoms with Crippen LogP contribution < -0.4 is 4.74 Å². The maximum atomic E-state index is 13.3. The number of carbonyl (C=O) groups is 1. The molecule has 2 aliphatic rings. The molecule has 0 saturated carbocycles. The van der Waals surface area contributed by atoms with E-state index in [1.807, 2.05) is 35.2 Å². The quantitative estimate of drug-likeness (QED) is 0.496. The average molecular weight is 525 g/mol. The van der Waals surface area contributed by atoms with Crippen molar-refractivity contribution < 1.29 is 17.9 Å². The molecule has 2 saturated heterocycles. The third-order valence-electron chi connectivity index (χ3n) is 6.82. The van der Waals surface area contributed by atoms with E-state index in [0.29, 0.717) is 30.9 Å². The zero-order valence-electron chi connectivity index (χ0n) is 19.1. The number of piperidine rings is 2. The summed E-state index contributed by atoms with van der Waals surface area (Å²) in [6, 6.07) is 14.0. The van der Waals surface area contributed by atoms with Crippen molar-refractivity contribution in [1.82, 2.24) is 9.21 Å². The van der Waals surface area contributed by atoms with E-state index in [1.54, 1.807) is 6.07 Å². The monoisotopic (exact) mass is 524 g/mol. The summed E-state index contributed by atoms with van der Waals surface area (Å²) >= 11 is 12.2. The number of benzene rings is 2. The third kappa shape index (κ3) is 5.88. The number of likely N-dealkylation sites (tertiary alicyclic amines) is 1. The first-order valence-corrected chi connectivity index (χ1v) is 13.9. The highest BCUT2D eigenvalue weighted by molar-refractivity contribution is 7.89. The number of carbonyl (C=O) groups excluding carboxylic acids is 1. The molecule has 2 heterocycles. The van der Waals surface area contributed by atoms with E-state index in [9.17, 15) is 13.2 Å². The van der Waals surface area contributed by atoms with Gasteiger partial charge in [-0.3, -0.25) is 4.79 Å². The minimum absolute atomic E-state index is 0.0131. The lowest BCUT2D eigenvalue weighted by atomic mass is 9.76. The van der Waals surface area contributed by atoms with Crippen LogP contribution in [0, 0.1) is 5.41 Å². The van der Waals surface area contributed by atoms with Crippen molar-refractivity contribution in [2.45, 2.75) is 43.4 Å². The van der Waals surface area contributed by atoms with E-state index in [2.05, 4.69) is 0 Å². The number of halogens is 2. The van der Waals surface area contributed by atoms with E-state index in [4.69, 9.17) is 27.9 Å². The second-order valence-electron chi connectivity index (χ2n) is 9.20. The van der Waals surface area contributed by atoms with Gasteiger partial charge in [0.25, 0.3) is 0 Å². The van der Waals surface area contributed by atoms with Crippen molar-refractivity contribution in [1.29, 1.82) is 0 Å². The van der Waals surface area contributed by atoms with Crippen LogP contribution in [-0.2, 0) is 14.8 Å². The van der Waals surface area contributed by atoms with Gasteiger partial charge in [-0.2, -0.15) is 4.31 Å². The second-order valence-corrected chi connectivity index (χ2v) is 11.9. The molecule has 0 unspecified atom stereocenters. The number of hydrogen-bond donors (Lipinski definition) is 0. The Labute approximate surface area is 211 Å². The van der Waals surface area contributed by atoms with Crippen molar-refractivity contribution in [2.75, 3.05) is 32.8 Å². The Bertz CT molecular complexity index is 1100. The van der Waals surface area contributed by atoms with Gasteiger partial charge in [-0.15, -0.1) is 0 Å². The van der Waals surface area contributed by atoms with Crippen molar-refractivity contribution in [3.05, 3.63) is 58.6 Å². The molecule has 0 radical (unpaired) electrons. The number of sulfonamides is 1. The van der Waals surface area contributed by atoms with Gasteiger partial charge >= 0.3 is 0 Å². The Morgan fingerprint density at radius 2 is 1.62 bits per heavy atom. The molecule has 2 aromatic carbocycles. The van der Waals surface area contributed by atoms with Crippen LogP contribution in [0.1, 0.15) is 38.5 Å². The van der Waals surface area contributed by atoms with Gasteiger partial charge in [0.1, 0.15) is 10.6 Å². The van der Waals surface area contributed by atoms with E-state index in [-0.39, 0.29) is 28.9 Å². The number of nitrogens with zero attached hydrogens (tertiary/aromatic N) is 2. The average Bonchev–Trinajstić information content (AvgIpc) is 2.86. The predicted octanol–water partition coefficient (Wildman–Crippen LogP) is 5.25. The van der Waals surface area contributed by atoms with Gasteiger partial charge in [-0.25, -0.2) is 8.42 Å². The van der Waals surface area contributed by atoms with Crippen LogP contribution in [0.3, 0.4) is 0 Å². The summed E-state index contributed by atoms with van der Waals surface area (Å²) in [5.74, 6) is 0.874. The second kappa shape index (κ2) is 10.9. The van der Waals surface area contributed by atoms with Gasteiger partial charge in [0.05, 0.1) is 11.6 Å². The van der Waals surface area contributed by atoms with Crippen LogP contribution in [0.15, 0.2) is 53.4 Å². The molecular weight excluding hydrogens is 495 g/mol. The van der Waals surface area contributed by atoms with E-state index >= 15 is 0 Å². The van der Waals surface area contributed by atoms with Gasteiger partial charge < -0.3 is 9.64 Å². The lowest BCUT2D eigenvalue weighted by Gasteiger charge is -2.42. The third-order valence-corrected chi connectivity index (χ3v) is 9.43. The number of ether oxygens (including phenoxy) is 1. The highest BCUT2D eigenvalue weighted by atomic mass is 35.5. The summed E-state index contributed by atoms with van der Waals surface area (Å²) in [6.45, 7) is 2.53. The van der Waals surface area contributed by atoms with Crippen LogP contribution in [0.4, 0.5) is 0 Å². The van der Waals surface area contributed by atoms with Crippen LogP contribution in [0.25, 0.3) is 0 Å². The van der Waals surface area contributed by atoms with Crippen LogP contribution in [0.2, 0.25) is 10.0 Å². The fraction of sp³-hybridized carbons (Fsp3) is 0.480. The van der Waals surface area contributed by atoms with Crippen LogP contribution >= 0.6 is 23.2 Å². The number of rotatable bonds is 7. The Balaban J connectivity index is 1.50. The molecule has 0 aliphatic carbocycles. The lowest BCUT2D eigenvalue weighted by molar-refractivity contribution is -0.136. The van der Waals surface area contributed by atoms with Crippen LogP contribution in [-0.4, -0.2) is 56.3 Å². The molecule has 0 bridgehead atoms. The summed E-state index contributed by atoms with van der Waals surface area (Å²) in [6.07, 6.45) is 4.63. The summed E-state index contributed by atoms with van der Waals surface area (Å²) in [5, 5.41) is 0.464. The van der Waals surface area contributed by atoms with E-state index in [0.717, 1.165) is 38.1 Å². The Morgan fingerprint density at radius 1 is 0.941 bits per heavy atom. The normalized spacial score (nSPS) is 19.1. The largest absolute Gasteiger partial charge is 0.493 e. The Kier molecular flexibility index (Phi) is 8.08. The van der Waals surface area contributed by atoms with Gasteiger partial charge in [-0.05, 0) is 62.4 Å².